The van der Waals surface area contributed by atoms with Crippen molar-refractivity contribution in [2.75, 3.05) is 0 Å². The van der Waals surface area contributed by atoms with Crippen LogP contribution < -0.4 is 0 Å². The molecule has 0 aromatic heterocycles. The molecule has 0 heterocycles. The third kappa shape index (κ3) is 33.7. The molecular weight excluding hydrogens is 1270 g/mol. The topological polar surface area (TPSA) is 0 Å². The molecule has 0 radical (unpaired) electrons. The highest BCUT2D eigenvalue weighted by molar-refractivity contribution is 5.02. The first-order valence-corrected chi connectivity index (χ1v) is 45.6. The molecule has 20 saturated carbocycles. The summed E-state index contributed by atoms with van der Waals surface area (Å²) in [5, 5.41) is 0. The van der Waals surface area contributed by atoms with Gasteiger partial charge in [0.2, 0.25) is 0 Å². The number of fused-ring (bicyclic) bond motifs is 9. The molecule has 0 aliphatic heterocycles. The predicted molar refractivity (Wildman–Crippen MR) is 492 cm³/mol. The zero-order valence-corrected chi connectivity index (χ0v) is 71.5. The highest BCUT2D eigenvalue weighted by atomic mass is 14.6. The van der Waals surface area contributed by atoms with Gasteiger partial charge in [0.1, 0.15) is 0 Å². The highest BCUT2D eigenvalue weighted by Gasteiger charge is 2.51. The fourth-order valence-electron chi connectivity index (χ4n) is 25.1. The molecule has 640 valence electrons. The van der Waals surface area contributed by atoms with E-state index in [1.165, 1.54) is 231 Å². The lowest BCUT2D eigenvalue weighted by atomic mass is 9.49. The molecule has 0 N–H and O–H groups in total. The minimum Gasteiger partial charge on any atom is -0.0776 e. The second-order valence-corrected chi connectivity index (χ2v) is 45.7. The average Bonchev–Trinajstić information content (AvgIpc) is 1.29. The van der Waals surface area contributed by atoms with Crippen LogP contribution in [0.15, 0.2) is 0 Å². The van der Waals surface area contributed by atoms with Crippen LogP contribution in [0.1, 0.15) is 544 Å². The fourth-order valence-corrected chi connectivity index (χ4v) is 25.1. The Morgan fingerprint density at radius 2 is 0.632 bits per heavy atom. The Labute approximate surface area is 682 Å². The lowest BCUT2D eigenvalue weighted by Gasteiger charge is -2.56. The van der Waals surface area contributed by atoms with Crippen molar-refractivity contribution in [2.45, 2.75) is 540 Å². The second kappa shape index (κ2) is 47.3. The van der Waals surface area contributed by atoms with E-state index in [9.17, 15) is 0 Å². The summed E-state index contributed by atoms with van der Waals surface area (Å²) in [6, 6.07) is 0. The Balaban J connectivity index is 0. The molecule has 106 heavy (non-hydrogen) atoms. The molecule has 0 saturated heterocycles. The highest BCUT2D eigenvalue weighted by Crippen LogP contribution is 2.62. The van der Waals surface area contributed by atoms with E-state index in [-0.39, 0.29) is 59.4 Å². The van der Waals surface area contributed by atoms with E-state index < -0.39 is 12.3 Å². The molecule has 3 spiro atoms. The predicted octanol–water partition coefficient (Wildman–Crippen LogP) is 38.2. The van der Waals surface area contributed by atoms with Crippen LogP contribution in [0.3, 0.4) is 0 Å². The molecule has 10 bridgehead atoms. The molecule has 20 rings (SSSR count). The van der Waals surface area contributed by atoms with E-state index in [1.54, 1.807) is 111 Å². The third-order valence-electron chi connectivity index (χ3n) is 33.8. The van der Waals surface area contributed by atoms with Gasteiger partial charge >= 0.3 is 0 Å². The molecule has 4 atom stereocenters. The van der Waals surface area contributed by atoms with E-state index in [0.717, 1.165) is 121 Å². The summed E-state index contributed by atoms with van der Waals surface area (Å²) in [7, 11) is 0. The fraction of sp³-hybridized carbons (Fsp3) is 1.00. The second-order valence-electron chi connectivity index (χ2n) is 45.7. The van der Waals surface area contributed by atoms with Crippen LogP contribution in [0.25, 0.3) is 0 Å². The summed E-state index contributed by atoms with van der Waals surface area (Å²) >= 11 is 0. The summed E-state index contributed by atoms with van der Waals surface area (Å²) in [6.07, 6.45) is 76.3. The maximum Gasteiger partial charge on any atom is 0.0236 e. The lowest BCUT2D eigenvalue weighted by Crippen LogP contribution is -2.45. The average molecular weight is 1490 g/mol. The van der Waals surface area contributed by atoms with Gasteiger partial charge in [-0.3, -0.25) is 0 Å². The Morgan fingerprint density at radius 1 is 0.321 bits per heavy atom. The quantitative estimate of drug-likeness (QED) is 0.259. The SMILES string of the molecule is C.C.C.C.C.C.C.C.CC(C)(C)C.CC1C2CCC(CC2)[C@H]1C.CC1CCC2(CC1)CCC(C)(C)CC2.CC1CCC2(CCCC2)CC1.CC1CCC2(CCCCC2)CC1.CCC1(C)CCCC1.CCC12CC3CC(CC(C3)C1)C2.C[C@@H]1C2CCC(CC2)C1(C)C.C[C@H]1CC2CCC1(C)CC2.[2H]C([2H])([2H])C(C)(C)C. The van der Waals surface area contributed by atoms with Crippen LogP contribution in [0.2, 0.25) is 0 Å². The van der Waals surface area contributed by atoms with Gasteiger partial charge in [-0.2, -0.15) is 0 Å². The van der Waals surface area contributed by atoms with Crippen molar-refractivity contribution in [2.24, 2.45) is 143 Å². The molecule has 0 heteroatoms. The summed E-state index contributed by atoms with van der Waals surface area (Å²) < 4.78 is 20.8. The molecule has 0 aromatic rings. The van der Waals surface area contributed by atoms with Crippen LogP contribution >= 0.6 is 0 Å². The lowest BCUT2D eigenvalue weighted by molar-refractivity contribution is -0.0545. The summed E-state index contributed by atoms with van der Waals surface area (Å²) in [6.45, 7) is 48.7. The summed E-state index contributed by atoms with van der Waals surface area (Å²) in [5.41, 5.74) is 6.05. The van der Waals surface area contributed by atoms with Crippen LogP contribution in [0.5, 0.6) is 0 Å². The Bertz CT molecular complexity index is 2170. The van der Waals surface area contributed by atoms with Crippen molar-refractivity contribution in [1.29, 1.82) is 0 Å². The van der Waals surface area contributed by atoms with E-state index >= 15 is 0 Å². The van der Waals surface area contributed by atoms with Crippen LogP contribution in [-0.2, 0) is 0 Å². The van der Waals surface area contributed by atoms with Gasteiger partial charge in [0.15, 0.2) is 0 Å². The van der Waals surface area contributed by atoms with Gasteiger partial charge in [0, 0.05) is 4.11 Å². The van der Waals surface area contributed by atoms with E-state index in [0.29, 0.717) is 16.2 Å². The van der Waals surface area contributed by atoms with Crippen molar-refractivity contribution >= 4 is 0 Å². The zero-order chi connectivity index (χ0) is 74.5. The van der Waals surface area contributed by atoms with E-state index in [2.05, 4.69) is 132 Å². The molecular formula is C106H216. The van der Waals surface area contributed by atoms with Gasteiger partial charge in [-0.1, -0.05) is 315 Å². The zero-order valence-electron chi connectivity index (χ0n) is 74.5. The standard InChI is InChI=1S/C14H26.C12H20.C12H22.2C11H20.2C10H18.C8H16.2C5H12.8CH4/c1-12-4-6-14(7-5-12)10-8-13(2,3)9-11-14;1-2-12-6-9-3-10(7-12)5-11(4-9)8-12;1-11-5-9-12(10-6-11)7-3-2-4-8-12;1-8-9-4-6-10(7-5-9)11(8,2)3;1-10-4-8-11(9-5-10)6-2-3-7-11;1-8-7-9-3-5-10(8,2)6-4-9;1-7-8(2)10-5-3-9(7)4-6-10;1-3-8(2)6-4-5-7-8;2*1-5(2,3)4;;;;;;;;/h12H,4-11H2,1-3H3;9-11H,2-8H2,1H3;11H,2-10H2,1H3;8-10H,4-7H2,1-3H3;10H,2-9H2,1H3;8-9H,3-7H2,1-2H3;7-10H,3-6H2,1-2H3;3-7H2,1-2H3;2*1-4H3;8*1H4/t;;;8-,9?,10?;;8-,9?,10?;7-,8?,9?,10?;;;;;;;;;;;/m...1.00.........../s1/i;;;;;;;;1D3;;;;;;;;;. The third-order valence-corrected chi connectivity index (χ3v) is 33.8. The Kier molecular flexibility index (Phi) is 45.5. The van der Waals surface area contributed by atoms with Crippen molar-refractivity contribution in [3.05, 3.63) is 0 Å². The van der Waals surface area contributed by atoms with E-state index in [1.807, 2.05) is 0 Å². The number of hydrogen-bond acceptors (Lipinski definition) is 0. The van der Waals surface area contributed by atoms with Crippen LogP contribution in [-0.4, -0.2) is 0 Å². The maximum absolute atomic E-state index is 6.92. The van der Waals surface area contributed by atoms with Gasteiger partial charge in [-0.05, 0) is 368 Å². The van der Waals surface area contributed by atoms with Crippen LogP contribution in [0, 0.1) is 143 Å². The maximum atomic E-state index is 6.92. The first-order valence-electron chi connectivity index (χ1n) is 47.1. The Hall–Kier alpha value is 0. The van der Waals surface area contributed by atoms with Gasteiger partial charge in [-0.15, -0.1) is 0 Å². The number of rotatable bonds is 2. The summed E-state index contributed by atoms with van der Waals surface area (Å²) in [4.78, 5) is 0. The first kappa shape index (κ1) is 102. The van der Waals surface area contributed by atoms with E-state index in [4.69, 9.17) is 4.11 Å². The summed E-state index contributed by atoms with van der Waals surface area (Å²) in [5.74, 6) is 16.0. The van der Waals surface area contributed by atoms with Crippen molar-refractivity contribution in [3.8, 4) is 0 Å². The van der Waals surface area contributed by atoms with Crippen molar-refractivity contribution in [1.82, 2.24) is 0 Å². The normalized spacial score (nSPS) is 36.5. The molecule has 20 fully saturated rings. The number of hydrogen-bond donors (Lipinski definition) is 0. The molecule has 20 aliphatic carbocycles. The van der Waals surface area contributed by atoms with Crippen LogP contribution in [0.4, 0.5) is 0 Å². The minimum atomic E-state index is -1.81. The van der Waals surface area contributed by atoms with Crippen molar-refractivity contribution in [3.63, 3.8) is 0 Å². The molecule has 0 nitrogen and oxygen atoms in total. The largest absolute Gasteiger partial charge is 0.0776 e. The molecule has 0 amide bonds. The Morgan fingerprint density at radius 3 is 0.877 bits per heavy atom. The van der Waals surface area contributed by atoms with Crippen molar-refractivity contribution < 1.29 is 4.11 Å². The first-order chi connectivity index (χ1) is 47.1. The van der Waals surface area contributed by atoms with Gasteiger partial charge in [-0.25, -0.2) is 0 Å². The van der Waals surface area contributed by atoms with Gasteiger partial charge in [0.05, 0.1) is 0 Å². The smallest absolute Gasteiger partial charge is 0.0236 e. The molecule has 20 aliphatic rings. The van der Waals surface area contributed by atoms with Gasteiger partial charge in [0.25, 0.3) is 0 Å². The minimum absolute atomic E-state index is 0. The molecule has 1 unspecified atom stereocenters. The molecule has 0 aromatic carbocycles. The monoisotopic (exact) mass is 1490 g/mol. The van der Waals surface area contributed by atoms with Gasteiger partial charge < -0.3 is 0 Å².